The number of hydrogen-bond donors (Lipinski definition) is 1. The molecule has 0 aliphatic carbocycles. The fourth-order valence-electron chi connectivity index (χ4n) is 1.08. The lowest BCUT2D eigenvalue weighted by atomic mass is 10.3. The second-order valence-electron chi connectivity index (χ2n) is 3.68. The molecular weight excluding hydrogens is 212 g/mol. The molecular formula is C10H16N2O2S. The molecule has 1 aromatic rings. The molecule has 0 aliphatic rings. The predicted octanol–water partition coefficient (Wildman–Crippen LogP) is 1.30. The summed E-state index contributed by atoms with van der Waals surface area (Å²) < 4.78 is 25.3. The molecule has 1 aromatic carbocycles. The summed E-state index contributed by atoms with van der Waals surface area (Å²) in [5.41, 5.74) is 6.05. The Morgan fingerprint density at radius 3 is 2.07 bits per heavy atom. The second-order valence-corrected chi connectivity index (χ2v) is 5.68. The van der Waals surface area contributed by atoms with Gasteiger partial charge in [0.15, 0.2) is 0 Å². The molecule has 0 fully saturated rings. The van der Waals surface area contributed by atoms with Crippen molar-refractivity contribution in [2.75, 3.05) is 12.8 Å². The van der Waals surface area contributed by atoms with Crippen LogP contribution in [-0.4, -0.2) is 25.8 Å². The van der Waals surface area contributed by atoms with Gasteiger partial charge in [-0.3, -0.25) is 0 Å². The molecule has 0 saturated carbocycles. The molecule has 0 amide bonds. The molecule has 0 saturated heterocycles. The monoisotopic (exact) mass is 228 g/mol. The van der Waals surface area contributed by atoms with E-state index in [-0.39, 0.29) is 10.9 Å². The molecule has 0 radical (unpaired) electrons. The maximum Gasteiger partial charge on any atom is 0.243 e. The van der Waals surface area contributed by atoms with E-state index >= 15 is 0 Å². The average Bonchev–Trinajstić information content (AvgIpc) is 2.17. The van der Waals surface area contributed by atoms with Crippen molar-refractivity contribution in [3.8, 4) is 0 Å². The van der Waals surface area contributed by atoms with E-state index < -0.39 is 10.0 Å². The van der Waals surface area contributed by atoms with Gasteiger partial charge in [0.2, 0.25) is 10.0 Å². The van der Waals surface area contributed by atoms with E-state index in [1.165, 1.54) is 16.4 Å². The van der Waals surface area contributed by atoms with Gasteiger partial charge in [0.1, 0.15) is 0 Å². The minimum atomic E-state index is -3.38. The van der Waals surface area contributed by atoms with Gasteiger partial charge in [-0.15, -0.1) is 0 Å². The zero-order valence-electron chi connectivity index (χ0n) is 9.14. The molecule has 0 spiro atoms. The van der Waals surface area contributed by atoms with Crippen LogP contribution in [0.4, 0.5) is 5.69 Å². The van der Waals surface area contributed by atoms with Crippen LogP contribution in [0.5, 0.6) is 0 Å². The molecule has 0 aromatic heterocycles. The van der Waals surface area contributed by atoms with E-state index in [0.29, 0.717) is 5.69 Å². The summed E-state index contributed by atoms with van der Waals surface area (Å²) in [6.07, 6.45) is 0. The summed E-state index contributed by atoms with van der Waals surface area (Å²) in [6, 6.07) is 6.14. The Labute approximate surface area is 90.8 Å². The van der Waals surface area contributed by atoms with Crippen molar-refractivity contribution >= 4 is 15.7 Å². The van der Waals surface area contributed by atoms with Gasteiger partial charge in [0, 0.05) is 18.8 Å². The maximum atomic E-state index is 12.0. The molecule has 0 bridgehead atoms. The van der Waals surface area contributed by atoms with E-state index in [0.717, 1.165) is 0 Å². The van der Waals surface area contributed by atoms with Crippen LogP contribution in [0.2, 0.25) is 0 Å². The summed E-state index contributed by atoms with van der Waals surface area (Å²) in [5, 5.41) is 0. The van der Waals surface area contributed by atoms with Crippen LogP contribution < -0.4 is 5.73 Å². The fourth-order valence-corrected chi connectivity index (χ4v) is 2.45. The van der Waals surface area contributed by atoms with Gasteiger partial charge >= 0.3 is 0 Å². The van der Waals surface area contributed by atoms with Crippen molar-refractivity contribution in [3.63, 3.8) is 0 Å². The zero-order chi connectivity index (χ0) is 11.6. The maximum absolute atomic E-state index is 12.0. The van der Waals surface area contributed by atoms with E-state index in [9.17, 15) is 8.42 Å². The van der Waals surface area contributed by atoms with Gasteiger partial charge in [-0.25, -0.2) is 8.42 Å². The summed E-state index contributed by atoms with van der Waals surface area (Å²) >= 11 is 0. The van der Waals surface area contributed by atoms with Crippen LogP contribution in [0.3, 0.4) is 0 Å². The smallest absolute Gasteiger partial charge is 0.243 e. The fraction of sp³-hybridized carbons (Fsp3) is 0.400. The standard InChI is InChI=1S/C10H16N2O2S/c1-8(2)12(3)15(13,14)10-6-4-9(11)5-7-10/h4-8H,11H2,1-3H3. The minimum Gasteiger partial charge on any atom is -0.399 e. The Hall–Kier alpha value is -1.07. The van der Waals surface area contributed by atoms with Crippen LogP contribution in [0, 0.1) is 0 Å². The van der Waals surface area contributed by atoms with Crippen LogP contribution in [-0.2, 0) is 10.0 Å². The summed E-state index contributed by atoms with van der Waals surface area (Å²) in [6.45, 7) is 3.66. The Morgan fingerprint density at radius 2 is 1.67 bits per heavy atom. The molecule has 2 N–H and O–H groups in total. The third-order valence-corrected chi connectivity index (χ3v) is 4.33. The highest BCUT2D eigenvalue weighted by Gasteiger charge is 2.22. The molecule has 0 heterocycles. The van der Waals surface area contributed by atoms with Crippen molar-refractivity contribution in [1.82, 2.24) is 4.31 Å². The van der Waals surface area contributed by atoms with Crippen molar-refractivity contribution < 1.29 is 8.42 Å². The van der Waals surface area contributed by atoms with Crippen molar-refractivity contribution in [2.24, 2.45) is 0 Å². The van der Waals surface area contributed by atoms with Gasteiger partial charge in [-0.05, 0) is 38.1 Å². The molecule has 84 valence electrons. The Kier molecular flexibility index (Phi) is 3.36. The van der Waals surface area contributed by atoms with Gasteiger partial charge in [0.25, 0.3) is 0 Å². The Bertz CT molecular complexity index is 423. The number of hydrogen-bond acceptors (Lipinski definition) is 3. The van der Waals surface area contributed by atoms with Gasteiger partial charge in [-0.1, -0.05) is 0 Å². The first-order valence-electron chi connectivity index (χ1n) is 4.69. The first-order chi connectivity index (χ1) is 6.85. The highest BCUT2D eigenvalue weighted by molar-refractivity contribution is 7.89. The molecule has 0 atom stereocenters. The quantitative estimate of drug-likeness (QED) is 0.793. The van der Waals surface area contributed by atoms with Crippen molar-refractivity contribution in [1.29, 1.82) is 0 Å². The normalized spacial score (nSPS) is 12.3. The van der Waals surface area contributed by atoms with Crippen LogP contribution >= 0.6 is 0 Å². The Balaban J connectivity index is 3.12. The molecule has 4 nitrogen and oxygen atoms in total. The van der Waals surface area contributed by atoms with Crippen LogP contribution in [0.15, 0.2) is 29.2 Å². The predicted molar refractivity (Wildman–Crippen MR) is 60.9 cm³/mol. The lowest BCUT2D eigenvalue weighted by Crippen LogP contribution is -2.32. The lowest BCUT2D eigenvalue weighted by Gasteiger charge is -2.20. The summed E-state index contributed by atoms with van der Waals surface area (Å²) in [4.78, 5) is 0.271. The number of nitrogen functional groups attached to an aromatic ring is 1. The van der Waals surface area contributed by atoms with Gasteiger partial charge in [-0.2, -0.15) is 4.31 Å². The minimum absolute atomic E-state index is 0.0625. The summed E-state index contributed by atoms with van der Waals surface area (Å²) in [5.74, 6) is 0. The van der Waals surface area contributed by atoms with E-state index in [1.807, 2.05) is 13.8 Å². The van der Waals surface area contributed by atoms with Crippen LogP contribution in [0.1, 0.15) is 13.8 Å². The number of nitrogens with two attached hydrogens (primary N) is 1. The number of rotatable bonds is 3. The first-order valence-corrected chi connectivity index (χ1v) is 6.13. The average molecular weight is 228 g/mol. The topological polar surface area (TPSA) is 63.4 Å². The third kappa shape index (κ3) is 2.49. The third-order valence-electron chi connectivity index (χ3n) is 2.28. The highest BCUT2D eigenvalue weighted by atomic mass is 32.2. The van der Waals surface area contributed by atoms with Crippen molar-refractivity contribution in [2.45, 2.75) is 24.8 Å². The number of nitrogens with zero attached hydrogens (tertiary/aromatic N) is 1. The first kappa shape index (κ1) is 12.0. The number of sulfonamides is 1. The van der Waals surface area contributed by atoms with Gasteiger partial charge < -0.3 is 5.73 Å². The highest BCUT2D eigenvalue weighted by Crippen LogP contribution is 2.17. The SMILES string of the molecule is CC(C)N(C)S(=O)(=O)c1ccc(N)cc1. The number of anilines is 1. The number of benzene rings is 1. The molecule has 1 rings (SSSR count). The van der Waals surface area contributed by atoms with Crippen molar-refractivity contribution in [3.05, 3.63) is 24.3 Å². The van der Waals surface area contributed by atoms with E-state index in [1.54, 1.807) is 19.2 Å². The van der Waals surface area contributed by atoms with Gasteiger partial charge in [0.05, 0.1) is 4.90 Å². The largest absolute Gasteiger partial charge is 0.399 e. The second kappa shape index (κ2) is 4.20. The zero-order valence-corrected chi connectivity index (χ0v) is 9.95. The Morgan fingerprint density at radius 1 is 1.20 bits per heavy atom. The molecule has 5 heteroatoms. The van der Waals surface area contributed by atoms with Crippen LogP contribution in [0.25, 0.3) is 0 Å². The summed E-state index contributed by atoms with van der Waals surface area (Å²) in [7, 11) is -1.81. The molecule has 0 aliphatic heterocycles. The van der Waals surface area contributed by atoms with E-state index in [4.69, 9.17) is 5.73 Å². The van der Waals surface area contributed by atoms with E-state index in [2.05, 4.69) is 0 Å². The molecule has 0 unspecified atom stereocenters. The molecule has 15 heavy (non-hydrogen) atoms. The lowest BCUT2D eigenvalue weighted by molar-refractivity contribution is 0.410.